The number of aromatic nitrogens is 2. The van der Waals surface area contributed by atoms with Gasteiger partial charge in [0.25, 0.3) is 5.91 Å². The molecule has 5 nitrogen and oxygen atoms in total. The Hall–Kier alpha value is -4.17. The van der Waals surface area contributed by atoms with Crippen LogP contribution >= 0.6 is 0 Å². The van der Waals surface area contributed by atoms with Gasteiger partial charge in [-0.15, -0.1) is 0 Å². The van der Waals surface area contributed by atoms with E-state index in [1.54, 1.807) is 36.7 Å². The third-order valence-electron chi connectivity index (χ3n) is 3.95. The molecule has 0 spiro atoms. The molecule has 4 rings (SSSR count). The van der Waals surface area contributed by atoms with Crippen LogP contribution in [0.25, 0.3) is 11.3 Å². The van der Waals surface area contributed by atoms with E-state index in [1.807, 2.05) is 48.5 Å². The molecule has 0 saturated carbocycles. The first kappa shape index (κ1) is 17.3. The molecular weight excluding hydrogens is 350 g/mol. The van der Waals surface area contributed by atoms with Crippen LogP contribution in [0.5, 0.6) is 0 Å². The highest BCUT2D eigenvalue weighted by Crippen LogP contribution is 2.20. The number of nitrogens with one attached hydrogen (secondary N) is 1. The number of hydrogen-bond donors (Lipinski definition) is 1. The minimum Gasteiger partial charge on any atom is -0.355 e. The summed E-state index contributed by atoms with van der Waals surface area (Å²) in [5.74, 6) is 6.36. The van der Waals surface area contributed by atoms with Crippen LogP contribution < -0.4 is 5.32 Å². The second-order valence-corrected chi connectivity index (χ2v) is 5.96. The molecule has 1 N–H and O–H groups in total. The summed E-state index contributed by atoms with van der Waals surface area (Å²) in [6.45, 7) is 0. The van der Waals surface area contributed by atoms with E-state index >= 15 is 0 Å². The molecular formula is C23H15N3O2. The number of rotatable bonds is 3. The van der Waals surface area contributed by atoms with Crippen molar-refractivity contribution in [3.63, 3.8) is 0 Å². The Balaban J connectivity index is 1.48. The van der Waals surface area contributed by atoms with Crippen LogP contribution in [0.3, 0.4) is 0 Å². The lowest BCUT2D eigenvalue weighted by molar-refractivity contribution is 0.101. The predicted molar refractivity (Wildman–Crippen MR) is 107 cm³/mol. The van der Waals surface area contributed by atoms with Crippen molar-refractivity contribution >= 4 is 11.6 Å². The van der Waals surface area contributed by atoms with Gasteiger partial charge in [0.15, 0.2) is 11.5 Å². The van der Waals surface area contributed by atoms with Gasteiger partial charge in [0.05, 0.1) is 0 Å². The van der Waals surface area contributed by atoms with E-state index in [4.69, 9.17) is 4.52 Å². The molecule has 0 fully saturated rings. The molecule has 0 aliphatic rings. The van der Waals surface area contributed by atoms with Crippen molar-refractivity contribution in [2.24, 2.45) is 0 Å². The van der Waals surface area contributed by atoms with Gasteiger partial charge in [-0.05, 0) is 42.5 Å². The fraction of sp³-hybridized carbons (Fsp3) is 0. The Kier molecular flexibility index (Phi) is 4.94. The second-order valence-electron chi connectivity index (χ2n) is 5.96. The van der Waals surface area contributed by atoms with E-state index < -0.39 is 0 Å². The minimum atomic E-state index is -0.350. The van der Waals surface area contributed by atoms with Crippen LogP contribution in [-0.4, -0.2) is 16.0 Å². The van der Waals surface area contributed by atoms with E-state index in [1.165, 1.54) is 0 Å². The monoisotopic (exact) mass is 365 g/mol. The molecule has 28 heavy (non-hydrogen) atoms. The summed E-state index contributed by atoms with van der Waals surface area (Å²) < 4.78 is 5.26. The number of hydrogen-bond acceptors (Lipinski definition) is 4. The number of anilines is 1. The van der Waals surface area contributed by atoms with E-state index in [-0.39, 0.29) is 11.6 Å². The zero-order valence-electron chi connectivity index (χ0n) is 14.8. The summed E-state index contributed by atoms with van der Waals surface area (Å²) in [5, 5.41) is 6.67. The standard InChI is InChI=1S/C23H15N3O2/c27-23(21-16-22(28-26-21)19-11-13-24-14-12-19)25-20-8-4-7-18(15-20)10-9-17-5-2-1-3-6-17/h1-8,11-16H,(H,25,27). The molecule has 0 bridgehead atoms. The number of nitrogens with zero attached hydrogens (tertiary/aromatic N) is 2. The maximum Gasteiger partial charge on any atom is 0.277 e. The summed E-state index contributed by atoms with van der Waals surface area (Å²) in [7, 11) is 0. The average Bonchev–Trinajstić information content (AvgIpc) is 3.25. The predicted octanol–water partition coefficient (Wildman–Crippen LogP) is 4.39. The molecule has 0 aliphatic heterocycles. The first-order chi connectivity index (χ1) is 13.8. The van der Waals surface area contributed by atoms with Crippen LogP contribution in [0.15, 0.2) is 89.7 Å². The summed E-state index contributed by atoms with van der Waals surface area (Å²) >= 11 is 0. The zero-order valence-corrected chi connectivity index (χ0v) is 14.8. The van der Waals surface area contributed by atoms with Gasteiger partial charge in [-0.1, -0.05) is 41.3 Å². The average molecular weight is 365 g/mol. The normalized spacial score (nSPS) is 10.0. The molecule has 1 amide bonds. The molecule has 0 radical (unpaired) electrons. The fourth-order valence-electron chi connectivity index (χ4n) is 2.57. The van der Waals surface area contributed by atoms with Crippen LogP contribution in [0.2, 0.25) is 0 Å². The lowest BCUT2D eigenvalue weighted by atomic mass is 10.1. The van der Waals surface area contributed by atoms with E-state index in [9.17, 15) is 4.79 Å². The van der Waals surface area contributed by atoms with Gasteiger partial charge in [-0.3, -0.25) is 9.78 Å². The topological polar surface area (TPSA) is 68.0 Å². The van der Waals surface area contributed by atoms with Crippen LogP contribution in [0, 0.1) is 11.8 Å². The summed E-state index contributed by atoms with van der Waals surface area (Å²) in [6.07, 6.45) is 3.30. The van der Waals surface area contributed by atoms with Gasteiger partial charge in [0, 0.05) is 40.8 Å². The Morgan fingerprint density at radius 1 is 0.857 bits per heavy atom. The molecule has 2 aromatic heterocycles. The molecule has 0 saturated heterocycles. The maximum absolute atomic E-state index is 12.5. The number of benzene rings is 2. The molecule has 0 aliphatic carbocycles. The van der Waals surface area contributed by atoms with Gasteiger partial charge in [-0.25, -0.2) is 0 Å². The van der Waals surface area contributed by atoms with E-state index in [2.05, 4.69) is 27.3 Å². The van der Waals surface area contributed by atoms with E-state index in [0.717, 1.165) is 16.7 Å². The van der Waals surface area contributed by atoms with Crippen molar-refractivity contribution in [3.05, 3.63) is 102 Å². The molecule has 2 aromatic carbocycles. The SMILES string of the molecule is O=C(Nc1cccc(C#Cc2ccccc2)c1)c1cc(-c2ccncc2)on1. The molecule has 2 heterocycles. The highest BCUT2D eigenvalue weighted by Gasteiger charge is 2.14. The Morgan fingerprint density at radius 3 is 2.43 bits per heavy atom. The van der Waals surface area contributed by atoms with Crippen LogP contribution in [0.4, 0.5) is 5.69 Å². The Bertz CT molecular complexity index is 1160. The zero-order chi connectivity index (χ0) is 19.2. The van der Waals surface area contributed by atoms with Gasteiger partial charge in [0.1, 0.15) is 0 Å². The minimum absolute atomic E-state index is 0.201. The number of pyridine rings is 1. The number of carbonyl (C=O) groups excluding carboxylic acids is 1. The van der Waals surface area contributed by atoms with Gasteiger partial charge >= 0.3 is 0 Å². The highest BCUT2D eigenvalue weighted by molar-refractivity contribution is 6.03. The van der Waals surface area contributed by atoms with Crippen molar-refractivity contribution in [2.45, 2.75) is 0 Å². The summed E-state index contributed by atoms with van der Waals surface area (Å²) in [4.78, 5) is 16.4. The molecule has 5 heteroatoms. The number of carbonyl (C=O) groups is 1. The lowest BCUT2D eigenvalue weighted by Gasteiger charge is -2.02. The maximum atomic E-state index is 12.5. The summed E-state index contributed by atoms with van der Waals surface area (Å²) in [5.41, 5.74) is 3.38. The number of amides is 1. The highest BCUT2D eigenvalue weighted by atomic mass is 16.5. The first-order valence-electron chi connectivity index (χ1n) is 8.63. The smallest absolute Gasteiger partial charge is 0.277 e. The van der Waals surface area contributed by atoms with Crippen molar-refractivity contribution in [3.8, 4) is 23.2 Å². The van der Waals surface area contributed by atoms with Crippen LogP contribution in [0.1, 0.15) is 21.6 Å². The quantitative estimate of drug-likeness (QED) is 0.547. The van der Waals surface area contributed by atoms with Crippen molar-refractivity contribution < 1.29 is 9.32 Å². The first-order valence-corrected chi connectivity index (χ1v) is 8.63. The largest absolute Gasteiger partial charge is 0.355 e. The second kappa shape index (κ2) is 8.02. The molecule has 0 atom stereocenters. The van der Waals surface area contributed by atoms with Gasteiger partial charge < -0.3 is 9.84 Å². The Labute approximate surface area is 162 Å². The van der Waals surface area contributed by atoms with Crippen molar-refractivity contribution in [1.29, 1.82) is 0 Å². The lowest BCUT2D eigenvalue weighted by Crippen LogP contribution is -2.12. The van der Waals surface area contributed by atoms with Crippen LogP contribution in [-0.2, 0) is 0 Å². The van der Waals surface area contributed by atoms with Gasteiger partial charge in [-0.2, -0.15) is 0 Å². The third kappa shape index (κ3) is 4.14. The third-order valence-corrected chi connectivity index (χ3v) is 3.95. The summed E-state index contributed by atoms with van der Waals surface area (Å²) in [6, 6.07) is 22.3. The molecule has 0 unspecified atom stereocenters. The fourth-order valence-corrected chi connectivity index (χ4v) is 2.57. The van der Waals surface area contributed by atoms with Gasteiger partial charge in [0.2, 0.25) is 0 Å². The molecule has 134 valence electrons. The Morgan fingerprint density at radius 2 is 1.61 bits per heavy atom. The van der Waals surface area contributed by atoms with E-state index in [0.29, 0.717) is 11.4 Å². The van der Waals surface area contributed by atoms with Crippen molar-refractivity contribution in [2.75, 3.05) is 5.32 Å². The molecule has 4 aromatic rings. The van der Waals surface area contributed by atoms with Crippen molar-refractivity contribution in [1.82, 2.24) is 10.1 Å².